The van der Waals surface area contributed by atoms with Crippen molar-refractivity contribution in [2.45, 2.75) is 26.3 Å². The van der Waals surface area contributed by atoms with Gasteiger partial charge in [-0.05, 0) is 37.1 Å². The molecule has 1 unspecified atom stereocenters. The highest BCUT2D eigenvalue weighted by molar-refractivity contribution is 9.10. The Hall–Kier alpha value is -1.31. The Labute approximate surface area is 110 Å². The number of nitrogens with one attached hydrogen (secondary N) is 1. The van der Waals surface area contributed by atoms with Gasteiger partial charge in [0.25, 0.3) is 0 Å². The van der Waals surface area contributed by atoms with E-state index in [1.165, 1.54) is 0 Å². The normalized spacial score (nSPS) is 11.7. The zero-order valence-electron chi connectivity index (χ0n) is 9.88. The monoisotopic (exact) mass is 294 g/mol. The third-order valence-electron chi connectivity index (χ3n) is 2.42. The predicted octanol–water partition coefficient (Wildman–Crippen LogP) is 2.36. The number of carbonyl (C=O) groups is 1. The molecule has 0 aliphatic carbocycles. The van der Waals surface area contributed by atoms with Gasteiger partial charge in [0.15, 0.2) is 0 Å². The fourth-order valence-corrected chi connectivity index (χ4v) is 2.23. The number of terminal acetylenes is 1. The van der Waals surface area contributed by atoms with Crippen LogP contribution in [0.25, 0.3) is 0 Å². The molecule has 0 heterocycles. The lowest BCUT2D eigenvalue weighted by molar-refractivity contribution is -0.117. The van der Waals surface area contributed by atoms with Crippen LogP contribution in [-0.4, -0.2) is 11.9 Å². The minimum absolute atomic E-state index is 0.237. The summed E-state index contributed by atoms with van der Waals surface area (Å²) in [5, 5.41) is 2.81. The summed E-state index contributed by atoms with van der Waals surface area (Å²) in [6.45, 7) is 3.86. The Morgan fingerprint density at radius 1 is 1.53 bits per heavy atom. The third-order valence-corrected chi connectivity index (χ3v) is 2.88. The van der Waals surface area contributed by atoms with E-state index in [1.54, 1.807) is 0 Å². The molecule has 0 radical (unpaired) electrons. The Bertz CT molecular complexity index is 454. The summed E-state index contributed by atoms with van der Waals surface area (Å²) in [6.07, 6.45) is 5.36. The number of aryl methyl sites for hydroxylation is 2. The summed E-state index contributed by atoms with van der Waals surface area (Å²) >= 11 is 3.40. The van der Waals surface area contributed by atoms with Crippen molar-refractivity contribution in [3.05, 3.63) is 27.7 Å². The molecule has 0 aliphatic heterocycles. The van der Waals surface area contributed by atoms with Crippen LogP contribution in [0.5, 0.6) is 0 Å². The molecule has 0 saturated carbocycles. The summed E-state index contributed by atoms with van der Waals surface area (Å²) in [6, 6.07) is 3.22. The zero-order chi connectivity index (χ0) is 13.0. The summed E-state index contributed by atoms with van der Waals surface area (Å²) in [5.74, 6) is 2.13. The summed E-state index contributed by atoms with van der Waals surface area (Å²) in [4.78, 5) is 11.7. The average molecular weight is 295 g/mol. The van der Waals surface area contributed by atoms with Crippen molar-refractivity contribution in [3.8, 4) is 12.3 Å². The lowest BCUT2D eigenvalue weighted by atomic mass is 10.1. The quantitative estimate of drug-likeness (QED) is 0.841. The molecule has 0 fully saturated rings. The molecule has 1 aromatic carbocycles. The highest BCUT2D eigenvalue weighted by Crippen LogP contribution is 2.25. The lowest BCUT2D eigenvalue weighted by Crippen LogP contribution is -2.35. The maximum Gasteiger partial charge on any atom is 0.242 e. The molecule has 0 bridgehead atoms. The largest absolute Gasteiger partial charge is 0.324 e. The van der Waals surface area contributed by atoms with Gasteiger partial charge in [0, 0.05) is 16.6 Å². The van der Waals surface area contributed by atoms with Crippen LogP contribution >= 0.6 is 15.9 Å². The van der Waals surface area contributed by atoms with E-state index < -0.39 is 6.04 Å². The van der Waals surface area contributed by atoms with Gasteiger partial charge in [0.1, 0.15) is 0 Å². The molecule has 4 heteroatoms. The van der Waals surface area contributed by atoms with Gasteiger partial charge < -0.3 is 11.1 Å². The first-order valence-electron chi connectivity index (χ1n) is 5.22. The Balaban J connectivity index is 2.90. The molecule has 0 aliphatic rings. The molecule has 1 amide bonds. The van der Waals surface area contributed by atoms with Crippen LogP contribution in [0.3, 0.4) is 0 Å². The van der Waals surface area contributed by atoms with Gasteiger partial charge in [-0.25, -0.2) is 0 Å². The molecule has 90 valence electrons. The average Bonchev–Trinajstić information content (AvgIpc) is 2.23. The van der Waals surface area contributed by atoms with Gasteiger partial charge in [-0.2, -0.15) is 0 Å². The molecule has 3 N–H and O–H groups in total. The smallest absolute Gasteiger partial charge is 0.242 e. The van der Waals surface area contributed by atoms with E-state index in [-0.39, 0.29) is 12.3 Å². The number of benzene rings is 1. The van der Waals surface area contributed by atoms with Crippen molar-refractivity contribution >= 4 is 27.5 Å². The number of amides is 1. The molecule has 0 aromatic heterocycles. The maximum atomic E-state index is 11.7. The first-order chi connectivity index (χ1) is 7.95. The number of nitrogens with two attached hydrogens (primary N) is 1. The molecule has 17 heavy (non-hydrogen) atoms. The topological polar surface area (TPSA) is 55.1 Å². The van der Waals surface area contributed by atoms with E-state index in [4.69, 9.17) is 12.2 Å². The van der Waals surface area contributed by atoms with E-state index in [0.717, 1.165) is 21.3 Å². The van der Waals surface area contributed by atoms with Crippen molar-refractivity contribution in [2.75, 3.05) is 5.32 Å². The van der Waals surface area contributed by atoms with Crippen LogP contribution in [0, 0.1) is 26.2 Å². The number of halogens is 1. The summed E-state index contributed by atoms with van der Waals surface area (Å²) in [5.41, 5.74) is 8.41. The maximum absolute atomic E-state index is 11.7. The SMILES string of the molecule is C#CCC(N)C(=O)Nc1c(C)cc(Br)cc1C. The number of hydrogen-bond acceptors (Lipinski definition) is 2. The highest BCUT2D eigenvalue weighted by atomic mass is 79.9. The first-order valence-corrected chi connectivity index (χ1v) is 6.01. The molecular weight excluding hydrogens is 280 g/mol. The Kier molecular flexibility index (Phi) is 4.73. The zero-order valence-corrected chi connectivity index (χ0v) is 11.5. The van der Waals surface area contributed by atoms with Gasteiger partial charge in [-0.3, -0.25) is 4.79 Å². The number of rotatable bonds is 3. The van der Waals surface area contributed by atoms with Gasteiger partial charge in [-0.1, -0.05) is 15.9 Å². The first kappa shape index (κ1) is 13.8. The molecule has 0 spiro atoms. The molecule has 1 rings (SSSR count). The van der Waals surface area contributed by atoms with Crippen molar-refractivity contribution in [2.24, 2.45) is 5.73 Å². The fraction of sp³-hybridized carbons (Fsp3) is 0.308. The van der Waals surface area contributed by atoms with Crippen LogP contribution in [-0.2, 0) is 4.79 Å². The van der Waals surface area contributed by atoms with Crippen molar-refractivity contribution in [1.82, 2.24) is 0 Å². The van der Waals surface area contributed by atoms with E-state index >= 15 is 0 Å². The minimum Gasteiger partial charge on any atom is -0.324 e. The van der Waals surface area contributed by atoms with E-state index in [2.05, 4.69) is 27.2 Å². The molecule has 1 aromatic rings. The highest BCUT2D eigenvalue weighted by Gasteiger charge is 2.14. The Morgan fingerprint density at radius 3 is 2.53 bits per heavy atom. The van der Waals surface area contributed by atoms with Crippen molar-refractivity contribution in [3.63, 3.8) is 0 Å². The van der Waals surface area contributed by atoms with E-state index in [0.29, 0.717) is 0 Å². The Morgan fingerprint density at radius 2 is 2.06 bits per heavy atom. The van der Waals surface area contributed by atoms with Gasteiger partial charge in [0.05, 0.1) is 6.04 Å². The van der Waals surface area contributed by atoms with Crippen molar-refractivity contribution < 1.29 is 4.79 Å². The van der Waals surface area contributed by atoms with Crippen LogP contribution < -0.4 is 11.1 Å². The minimum atomic E-state index is -0.664. The second kappa shape index (κ2) is 5.85. The fourth-order valence-electron chi connectivity index (χ4n) is 1.54. The second-order valence-electron chi connectivity index (χ2n) is 3.92. The third kappa shape index (κ3) is 3.58. The van der Waals surface area contributed by atoms with E-state index in [9.17, 15) is 4.79 Å². The van der Waals surface area contributed by atoms with Crippen LogP contribution in [0.1, 0.15) is 17.5 Å². The van der Waals surface area contributed by atoms with Crippen LogP contribution in [0.4, 0.5) is 5.69 Å². The van der Waals surface area contributed by atoms with Gasteiger partial charge in [0.2, 0.25) is 5.91 Å². The molecular formula is C13H15BrN2O. The number of anilines is 1. The second-order valence-corrected chi connectivity index (χ2v) is 4.83. The predicted molar refractivity (Wildman–Crippen MR) is 73.7 cm³/mol. The van der Waals surface area contributed by atoms with Crippen LogP contribution in [0.15, 0.2) is 16.6 Å². The van der Waals surface area contributed by atoms with Crippen LogP contribution in [0.2, 0.25) is 0 Å². The van der Waals surface area contributed by atoms with E-state index in [1.807, 2.05) is 26.0 Å². The van der Waals surface area contributed by atoms with Crippen molar-refractivity contribution in [1.29, 1.82) is 0 Å². The molecule has 1 atom stereocenters. The van der Waals surface area contributed by atoms with Gasteiger partial charge >= 0.3 is 0 Å². The summed E-state index contributed by atoms with van der Waals surface area (Å²) < 4.78 is 0.985. The lowest BCUT2D eigenvalue weighted by Gasteiger charge is -2.14. The number of hydrogen-bond donors (Lipinski definition) is 2. The number of carbonyl (C=O) groups excluding carboxylic acids is 1. The molecule has 3 nitrogen and oxygen atoms in total. The standard InChI is InChI=1S/C13H15BrN2O/c1-4-5-11(15)13(17)16-12-8(2)6-10(14)7-9(12)3/h1,6-7,11H,5,15H2,2-3H3,(H,16,17). The van der Waals surface area contributed by atoms with Gasteiger partial charge in [-0.15, -0.1) is 12.3 Å². The summed E-state index contributed by atoms with van der Waals surface area (Å²) in [7, 11) is 0. The molecule has 0 saturated heterocycles.